The Kier molecular flexibility index (Phi) is 8.54. The SMILES string of the molecule is CCC(CNC(C)=O)C[C@@H]1[C@H](c2ccon2)C[C@H](C(=O)OC(C)(C)C)N1C(=O)OC(C)(C)C. The number of hydrogen-bond acceptors (Lipinski definition) is 7. The van der Waals surface area contributed by atoms with Crippen molar-refractivity contribution in [3.8, 4) is 0 Å². The Hall–Kier alpha value is -2.58. The minimum absolute atomic E-state index is 0.0932. The topological polar surface area (TPSA) is 111 Å². The number of ether oxygens (including phenoxy) is 2. The van der Waals surface area contributed by atoms with E-state index in [1.54, 1.807) is 47.6 Å². The van der Waals surface area contributed by atoms with E-state index in [1.165, 1.54) is 18.1 Å². The molecule has 33 heavy (non-hydrogen) atoms. The Morgan fingerprint density at radius 1 is 1.18 bits per heavy atom. The lowest BCUT2D eigenvalue weighted by Crippen LogP contribution is -2.50. The number of nitrogens with one attached hydrogen (secondary N) is 1. The fourth-order valence-electron chi connectivity index (χ4n) is 4.13. The van der Waals surface area contributed by atoms with Gasteiger partial charge in [0, 0.05) is 31.5 Å². The lowest BCUT2D eigenvalue weighted by atomic mass is 9.87. The van der Waals surface area contributed by atoms with Crippen molar-refractivity contribution in [3.63, 3.8) is 0 Å². The molecule has 1 aromatic rings. The van der Waals surface area contributed by atoms with Crippen LogP contribution in [-0.2, 0) is 19.1 Å². The first kappa shape index (κ1) is 26.7. The zero-order valence-corrected chi connectivity index (χ0v) is 21.1. The summed E-state index contributed by atoms with van der Waals surface area (Å²) in [5, 5.41) is 6.98. The van der Waals surface area contributed by atoms with Gasteiger partial charge in [-0.15, -0.1) is 0 Å². The molecule has 1 aliphatic rings. The third kappa shape index (κ3) is 7.75. The van der Waals surface area contributed by atoms with Crippen molar-refractivity contribution in [2.45, 2.75) is 104 Å². The Labute approximate surface area is 196 Å². The Bertz CT molecular complexity index is 809. The number of carbonyl (C=O) groups is 3. The van der Waals surface area contributed by atoms with E-state index in [0.717, 1.165) is 6.42 Å². The standard InChI is InChI=1S/C24H39N3O6/c1-9-16(14-25-15(2)28)12-19-17(18-10-11-31-26-18)13-20(21(29)32-23(3,4)5)27(19)22(30)33-24(6,7)8/h10-11,16-17,19-20H,9,12-14H2,1-8H3,(H,25,28)/t16?,17-,19+,20+/m0/s1. The second kappa shape index (κ2) is 10.6. The molecule has 0 saturated carbocycles. The smallest absolute Gasteiger partial charge is 0.411 e. The summed E-state index contributed by atoms with van der Waals surface area (Å²) in [6.45, 7) is 14.8. The summed E-state index contributed by atoms with van der Waals surface area (Å²) in [7, 11) is 0. The van der Waals surface area contributed by atoms with Gasteiger partial charge in [-0.3, -0.25) is 9.69 Å². The lowest BCUT2D eigenvalue weighted by molar-refractivity contribution is -0.160. The molecule has 186 valence electrons. The number of nitrogens with zero attached hydrogens (tertiary/aromatic N) is 2. The van der Waals surface area contributed by atoms with Crippen LogP contribution in [-0.4, -0.2) is 57.9 Å². The van der Waals surface area contributed by atoms with Crippen molar-refractivity contribution < 1.29 is 28.4 Å². The Balaban J connectivity index is 2.44. The third-order valence-corrected chi connectivity index (χ3v) is 5.55. The van der Waals surface area contributed by atoms with Crippen LogP contribution in [0, 0.1) is 5.92 Å². The van der Waals surface area contributed by atoms with Gasteiger partial charge >= 0.3 is 12.1 Å². The van der Waals surface area contributed by atoms with Gasteiger partial charge in [0.15, 0.2) is 0 Å². The van der Waals surface area contributed by atoms with Gasteiger partial charge in [0.05, 0.1) is 5.69 Å². The molecular formula is C24H39N3O6. The first-order valence-electron chi connectivity index (χ1n) is 11.6. The molecular weight excluding hydrogens is 426 g/mol. The molecule has 4 atom stereocenters. The molecule has 1 fully saturated rings. The normalized spacial score (nSPS) is 22.1. The minimum atomic E-state index is -0.816. The number of rotatable bonds is 7. The molecule has 2 heterocycles. The van der Waals surface area contributed by atoms with Gasteiger partial charge in [-0.2, -0.15) is 0 Å². The van der Waals surface area contributed by atoms with Crippen LogP contribution in [0.1, 0.15) is 86.3 Å². The maximum absolute atomic E-state index is 13.4. The minimum Gasteiger partial charge on any atom is -0.458 e. The molecule has 0 aromatic carbocycles. The lowest BCUT2D eigenvalue weighted by Gasteiger charge is -2.35. The molecule has 9 heteroatoms. The molecule has 0 bridgehead atoms. The highest BCUT2D eigenvalue weighted by molar-refractivity contribution is 5.83. The summed E-state index contributed by atoms with van der Waals surface area (Å²) >= 11 is 0. The number of aromatic nitrogens is 1. The van der Waals surface area contributed by atoms with Crippen molar-refractivity contribution in [1.29, 1.82) is 0 Å². The van der Waals surface area contributed by atoms with Gasteiger partial charge < -0.3 is 19.3 Å². The van der Waals surface area contributed by atoms with Crippen LogP contribution in [0.3, 0.4) is 0 Å². The van der Waals surface area contributed by atoms with E-state index in [1.807, 2.05) is 6.92 Å². The number of esters is 1. The zero-order valence-electron chi connectivity index (χ0n) is 21.1. The van der Waals surface area contributed by atoms with E-state index in [4.69, 9.17) is 14.0 Å². The van der Waals surface area contributed by atoms with Gasteiger partial charge in [-0.1, -0.05) is 18.5 Å². The fraction of sp³-hybridized carbons (Fsp3) is 0.750. The van der Waals surface area contributed by atoms with Crippen LogP contribution < -0.4 is 5.32 Å². The van der Waals surface area contributed by atoms with E-state index in [9.17, 15) is 14.4 Å². The molecule has 1 aliphatic heterocycles. The van der Waals surface area contributed by atoms with Crippen LogP contribution >= 0.6 is 0 Å². The number of hydrogen-bond donors (Lipinski definition) is 1. The molecule has 1 N–H and O–H groups in total. The Morgan fingerprint density at radius 3 is 2.30 bits per heavy atom. The predicted molar refractivity (Wildman–Crippen MR) is 122 cm³/mol. The van der Waals surface area contributed by atoms with Crippen LogP contribution in [0.15, 0.2) is 16.9 Å². The maximum atomic E-state index is 13.4. The second-order valence-electron chi connectivity index (χ2n) is 10.7. The average Bonchev–Trinajstić information content (AvgIpc) is 3.29. The van der Waals surface area contributed by atoms with E-state index in [-0.39, 0.29) is 23.8 Å². The number of carbonyl (C=O) groups excluding carboxylic acids is 3. The highest BCUT2D eigenvalue weighted by atomic mass is 16.6. The molecule has 9 nitrogen and oxygen atoms in total. The molecule has 0 spiro atoms. The van der Waals surface area contributed by atoms with Gasteiger partial charge in [0.2, 0.25) is 5.91 Å². The van der Waals surface area contributed by atoms with Crippen LogP contribution in [0.25, 0.3) is 0 Å². The first-order chi connectivity index (χ1) is 15.2. The van der Waals surface area contributed by atoms with Crippen molar-refractivity contribution >= 4 is 18.0 Å². The van der Waals surface area contributed by atoms with Crippen molar-refractivity contribution in [3.05, 3.63) is 18.0 Å². The van der Waals surface area contributed by atoms with E-state index in [0.29, 0.717) is 25.1 Å². The molecule has 0 radical (unpaired) electrons. The van der Waals surface area contributed by atoms with Crippen molar-refractivity contribution in [1.82, 2.24) is 15.4 Å². The fourth-order valence-corrected chi connectivity index (χ4v) is 4.13. The quantitative estimate of drug-likeness (QED) is 0.605. The van der Waals surface area contributed by atoms with E-state index in [2.05, 4.69) is 10.5 Å². The summed E-state index contributed by atoms with van der Waals surface area (Å²) in [6, 6.07) is 0.571. The highest BCUT2D eigenvalue weighted by Crippen LogP contribution is 2.42. The summed E-state index contributed by atoms with van der Waals surface area (Å²) in [5.74, 6) is -0.724. The van der Waals surface area contributed by atoms with Gasteiger partial charge in [0.25, 0.3) is 0 Å². The Morgan fingerprint density at radius 2 is 1.82 bits per heavy atom. The van der Waals surface area contributed by atoms with Crippen LogP contribution in [0.5, 0.6) is 0 Å². The van der Waals surface area contributed by atoms with E-state index >= 15 is 0 Å². The second-order valence-corrected chi connectivity index (χ2v) is 10.7. The average molecular weight is 466 g/mol. The zero-order chi connectivity index (χ0) is 25.0. The summed E-state index contributed by atoms with van der Waals surface area (Å²) in [4.78, 5) is 39.6. The molecule has 1 saturated heterocycles. The van der Waals surface area contributed by atoms with Crippen molar-refractivity contribution in [2.24, 2.45) is 5.92 Å². The van der Waals surface area contributed by atoms with Crippen LogP contribution in [0.2, 0.25) is 0 Å². The van der Waals surface area contributed by atoms with Crippen LogP contribution in [0.4, 0.5) is 4.79 Å². The molecule has 1 unspecified atom stereocenters. The van der Waals surface area contributed by atoms with Gasteiger partial charge in [-0.05, 0) is 60.3 Å². The first-order valence-corrected chi connectivity index (χ1v) is 11.6. The molecule has 2 amide bonds. The third-order valence-electron chi connectivity index (χ3n) is 5.55. The number of likely N-dealkylation sites (tertiary alicyclic amines) is 1. The summed E-state index contributed by atoms with van der Waals surface area (Å²) in [5.41, 5.74) is -0.754. The van der Waals surface area contributed by atoms with Gasteiger partial charge in [0.1, 0.15) is 23.5 Å². The monoisotopic (exact) mass is 465 g/mol. The number of amides is 2. The predicted octanol–water partition coefficient (Wildman–Crippen LogP) is 4.03. The molecule has 0 aliphatic carbocycles. The largest absolute Gasteiger partial charge is 0.458 e. The van der Waals surface area contributed by atoms with E-state index < -0.39 is 29.3 Å². The summed E-state index contributed by atoms with van der Waals surface area (Å²) in [6.07, 6.45) is 2.62. The highest BCUT2D eigenvalue weighted by Gasteiger charge is 2.51. The molecule has 2 rings (SSSR count). The summed E-state index contributed by atoms with van der Waals surface area (Å²) < 4.78 is 16.5. The van der Waals surface area contributed by atoms with Gasteiger partial charge in [-0.25, -0.2) is 9.59 Å². The van der Waals surface area contributed by atoms with Crippen molar-refractivity contribution in [2.75, 3.05) is 6.54 Å². The maximum Gasteiger partial charge on any atom is 0.411 e. The molecule has 1 aromatic heterocycles.